The molecule has 126 valence electrons. The number of carboxylic acids is 1. The van der Waals surface area contributed by atoms with E-state index >= 15 is 0 Å². The molecule has 1 fully saturated rings. The SMILES string of the molecule is O=C(O)c1ccc(CN2CCCN(c3ccccc3F)CC2)cc1. The summed E-state index contributed by atoms with van der Waals surface area (Å²) in [7, 11) is 0. The summed E-state index contributed by atoms with van der Waals surface area (Å²) in [6.45, 7) is 4.22. The molecule has 24 heavy (non-hydrogen) atoms. The maximum atomic E-state index is 14.0. The smallest absolute Gasteiger partial charge is 0.335 e. The average Bonchev–Trinajstić information content (AvgIpc) is 2.81. The first-order valence-electron chi connectivity index (χ1n) is 8.17. The lowest BCUT2D eigenvalue weighted by atomic mass is 10.1. The Morgan fingerprint density at radius 2 is 1.75 bits per heavy atom. The fourth-order valence-corrected chi connectivity index (χ4v) is 3.09. The highest BCUT2D eigenvalue weighted by molar-refractivity contribution is 5.87. The van der Waals surface area contributed by atoms with E-state index in [1.165, 1.54) is 6.07 Å². The van der Waals surface area contributed by atoms with Crippen LogP contribution in [-0.2, 0) is 6.54 Å². The predicted octanol–water partition coefficient (Wildman–Crippen LogP) is 3.24. The van der Waals surface area contributed by atoms with Crippen LogP contribution in [0.15, 0.2) is 48.5 Å². The van der Waals surface area contributed by atoms with Crippen LogP contribution in [0.5, 0.6) is 0 Å². The monoisotopic (exact) mass is 328 g/mol. The van der Waals surface area contributed by atoms with Crippen molar-refractivity contribution in [2.24, 2.45) is 0 Å². The Balaban J connectivity index is 1.61. The summed E-state index contributed by atoms with van der Waals surface area (Å²) in [4.78, 5) is 15.3. The molecular formula is C19H21FN2O2. The number of hydrogen-bond acceptors (Lipinski definition) is 3. The van der Waals surface area contributed by atoms with Gasteiger partial charge in [-0.15, -0.1) is 0 Å². The van der Waals surface area contributed by atoms with Crippen LogP contribution < -0.4 is 4.90 Å². The van der Waals surface area contributed by atoms with Crippen molar-refractivity contribution < 1.29 is 14.3 Å². The lowest BCUT2D eigenvalue weighted by Gasteiger charge is -2.24. The van der Waals surface area contributed by atoms with E-state index in [-0.39, 0.29) is 5.82 Å². The molecular weight excluding hydrogens is 307 g/mol. The number of halogens is 1. The van der Waals surface area contributed by atoms with E-state index in [0.717, 1.165) is 44.7 Å². The molecule has 0 aromatic heterocycles. The van der Waals surface area contributed by atoms with Crippen LogP contribution >= 0.6 is 0 Å². The number of anilines is 1. The van der Waals surface area contributed by atoms with Crippen molar-refractivity contribution in [3.8, 4) is 0 Å². The first kappa shape index (κ1) is 16.5. The van der Waals surface area contributed by atoms with E-state index < -0.39 is 5.97 Å². The van der Waals surface area contributed by atoms with Gasteiger partial charge in [0.05, 0.1) is 11.3 Å². The normalized spacial score (nSPS) is 16.0. The van der Waals surface area contributed by atoms with Gasteiger partial charge in [-0.05, 0) is 36.2 Å². The second kappa shape index (κ2) is 7.45. The summed E-state index contributed by atoms with van der Waals surface area (Å²) >= 11 is 0. The second-order valence-corrected chi connectivity index (χ2v) is 6.07. The standard InChI is InChI=1S/C19H21FN2O2/c20-17-4-1-2-5-18(17)22-11-3-10-21(12-13-22)14-15-6-8-16(9-7-15)19(23)24/h1-2,4-9H,3,10-14H2,(H,23,24). The molecule has 0 aliphatic carbocycles. The average molecular weight is 328 g/mol. The molecule has 0 unspecified atom stereocenters. The molecule has 4 nitrogen and oxygen atoms in total. The molecule has 3 rings (SSSR count). The molecule has 1 heterocycles. The van der Waals surface area contributed by atoms with Crippen molar-refractivity contribution >= 4 is 11.7 Å². The molecule has 0 atom stereocenters. The van der Waals surface area contributed by atoms with Crippen LogP contribution in [0.25, 0.3) is 0 Å². The molecule has 1 N–H and O–H groups in total. The Morgan fingerprint density at radius 3 is 2.46 bits per heavy atom. The van der Waals surface area contributed by atoms with Gasteiger partial charge in [-0.2, -0.15) is 0 Å². The summed E-state index contributed by atoms with van der Waals surface area (Å²) in [6, 6.07) is 13.9. The van der Waals surface area contributed by atoms with E-state index in [4.69, 9.17) is 5.11 Å². The number of carboxylic acid groups (broad SMARTS) is 1. The minimum absolute atomic E-state index is 0.171. The lowest BCUT2D eigenvalue weighted by molar-refractivity contribution is 0.0697. The van der Waals surface area contributed by atoms with Crippen LogP contribution in [0.3, 0.4) is 0 Å². The van der Waals surface area contributed by atoms with Crippen molar-refractivity contribution in [1.29, 1.82) is 0 Å². The third-order valence-electron chi connectivity index (χ3n) is 4.39. The molecule has 5 heteroatoms. The number of rotatable bonds is 4. The van der Waals surface area contributed by atoms with Crippen molar-refractivity contribution in [3.63, 3.8) is 0 Å². The molecule has 2 aromatic rings. The van der Waals surface area contributed by atoms with Crippen molar-refractivity contribution in [2.45, 2.75) is 13.0 Å². The zero-order valence-corrected chi connectivity index (χ0v) is 13.5. The maximum Gasteiger partial charge on any atom is 0.335 e. The number of nitrogens with zero attached hydrogens (tertiary/aromatic N) is 2. The molecule has 1 saturated heterocycles. The zero-order valence-electron chi connectivity index (χ0n) is 13.5. The number of para-hydroxylation sites is 1. The summed E-state index contributed by atoms with van der Waals surface area (Å²) in [5.74, 6) is -1.08. The number of benzene rings is 2. The largest absolute Gasteiger partial charge is 0.478 e. The Hall–Kier alpha value is -2.40. The molecule has 2 aromatic carbocycles. The summed E-state index contributed by atoms with van der Waals surface area (Å²) in [5.41, 5.74) is 2.07. The van der Waals surface area contributed by atoms with Gasteiger partial charge in [0, 0.05) is 32.7 Å². The lowest BCUT2D eigenvalue weighted by Crippen LogP contribution is -2.30. The number of hydrogen-bond donors (Lipinski definition) is 1. The van der Waals surface area contributed by atoms with Gasteiger partial charge >= 0.3 is 5.97 Å². The molecule has 1 aliphatic rings. The van der Waals surface area contributed by atoms with Crippen LogP contribution in [-0.4, -0.2) is 42.2 Å². The summed E-state index contributed by atoms with van der Waals surface area (Å²) in [5, 5.41) is 8.95. The van der Waals surface area contributed by atoms with Gasteiger partial charge in [-0.1, -0.05) is 24.3 Å². The van der Waals surface area contributed by atoms with Crippen LogP contribution in [0.1, 0.15) is 22.3 Å². The van der Waals surface area contributed by atoms with E-state index in [1.54, 1.807) is 18.2 Å². The first-order chi connectivity index (χ1) is 11.6. The summed E-state index contributed by atoms with van der Waals surface area (Å²) in [6.07, 6.45) is 0.974. The molecule has 1 aliphatic heterocycles. The first-order valence-corrected chi connectivity index (χ1v) is 8.17. The topological polar surface area (TPSA) is 43.8 Å². The fraction of sp³-hybridized carbons (Fsp3) is 0.316. The quantitative estimate of drug-likeness (QED) is 0.936. The van der Waals surface area contributed by atoms with Gasteiger partial charge in [-0.3, -0.25) is 4.90 Å². The highest BCUT2D eigenvalue weighted by atomic mass is 19.1. The minimum atomic E-state index is -0.906. The van der Waals surface area contributed by atoms with Crippen LogP contribution in [0, 0.1) is 5.82 Å². The maximum absolute atomic E-state index is 14.0. The van der Waals surface area contributed by atoms with Gasteiger partial charge in [-0.25, -0.2) is 9.18 Å². The van der Waals surface area contributed by atoms with Crippen LogP contribution in [0.2, 0.25) is 0 Å². The number of carbonyl (C=O) groups is 1. The van der Waals surface area contributed by atoms with E-state index in [9.17, 15) is 9.18 Å². The Kier molecular flexibility index (Phi) is 5.11. The number of aromatic carboxylic acids is 1. The van der Waals surface area contributed by atoms with Crippen molar-refractivity contribution in [3.05, 3.63) is 65.5 Å². The molecule has 0 amide bonds. The Labute approximate surface area is 141 Å². The summed E-state index contributed by atoms with van der Waals surface area (Å²) < 4.78 is 14.0. The van der Waals surface area contributed by atoms with Gasteiger partial charge in [0.15, 0.2) is 0 Å². The highest BCUT2D eigenvalue weighted by Gasteiger charge is 2.17. The Morgan fingerprint density at radius 1 is 1.00 bits per heavy atom. The molecule has 0 bridgehead atoms. The van der Waals surface area contributed by atoms with Gasteiger partial charge in [0.1, 0.15) is 5.82 Å². The second-order valence-electron chi connectivity index (χ2n) is 6.07. The predicted molar refractivity (Wildman–Crippen MR) is 91.9 cm³/mol. The fourth-order valence-electron chi connectivity index (χ4n) is 3.09. The van der Waals surface area contributed by atoms with Gasteiger partial charge in [0.25, 0.3) is 0 Å². The highest BCUT2D eigenvalue weighted by Crippen LogP contribution is 2.20. The van der Waals surface area contributed by atoms with Gasteiger partial charge in [0.2, 0.25) is 0 Å². The van der Waals surface area contributed by atoms with Crippen LogP contribution in [0.4, 0.5) is 10.1 Å². The van der Waals surface area contributed by atoms with Crippen molar-refractivity contribution in [1.82, 2.24) is 4.90 Å². The third-order valence-corrected chi connectivity index (χ3v) is 4.39. The molecule has 0 saturated carbocycles. The van der Waals surface area contributed by atoms with E-state index in [0.29, 0.717) is 11.3 Å². The molecule has 0 radical (unpaired) electrons. The molecule has 0 spiro atoms. The third kappa shape index (κ3) is 3.92. The zero-order chi connectivity index (χ0) is 16.9. The van der Waals surface area contributed by atoms with E-state index in [2.05, 4.69) is 9.80 Å². The van der Waals surface area contributed by atoms with E-state index in [1.807, 2.05) is 24.3 Å². The minimum Gasteiger partial charge on any atom is -0.478 e. The van der Waals surface area contributed by atoms with Crippen molar-refractivity contribution in [2.75, 3.05) is 31.1 Å². The Bertz CT molecular complexity index is 703. The van der Waals surface area contributed by atoms with Gasteiger partial charge < -0.3 is 10.0 Å².